The van der Waals surface area contributed by atoms with Crippen molar-refractivity contribution >= 4 is 32.3 Å². The van der Waals surface area contributed by atoms with Gasteiger partial charge in [-0.1, -0.05) is 36.4 Å². The third kappa shape index (κ3) is 5.27. The minimum absolute atomic E-state index is 0.158. The number of amides is 1. The lowest BCUT2D eigenvalue weighted by atomic mass is 10.2. The Morgan fingerprint density at radius 2 is 1.76 bits per heavy atom. The van der Waals surface area contributed by atoms with E-state index in [2.05, 4.69) is 14.9 Å². The molecular weight excluding hydrogens is 488 g/mol. The molecule has 0 N–H and O–H groups in total. The van der Waals surface area contributed by atoms with Crippen LogP contribution in [0.5, 0.6) is 5.75 Å². The summed E-state index contributed by atoms with van der Waals surface area (Å²) in [6.45, 7) is 2.68. The van der Waals surface area contributed by atoms with E-state index in [0.29, 0.717) is 36.4 Å². The van der Waals surface area contributed by atoms with Gasteiger partial charge in [0.1, 0.15) is 11.4 Å². The highest BCUT2D eigenvalue weighted by Crippen LogP contribution is 2.28. The molecule has 0 atom stereocenters. The van der Waals surface area contributed by atoms with Crippen LogP contribution < -0.4 is 9.64 Å². The summed E-state index contributed by atoms with van der Waals surface area (Å²) in [4.78, 5) is 26.0. The first-order valence-electron chi connectivity index (χ1n) is 12.1. The van der Waals surface area contributed by atoms with E-state index in [0.717, 1.165) is 29.8 Å². The van der Waals surface area contributed by atoms with Gasteiger partial charge in [0.05, 0.1) is 29.0 Å². The van der Waals surface area contributed by atoms with Crippen LogP contribution in [-0.2, 0) is 15.6 Å². The highest BCUT2D eigenvalue weighted by molar-refractivity contribution is 7.90. The van der Waals surface area contributed by atoms with Gasteiger partial charge in [-0.25, -0.2) is 8.42 Å². The van der Waals surface area contributed by atoms with E-state index in [1.54, 1.807) is 48.5 Å². The topological polar surface area (TPSA) is 92.7 Å². The van der Waals surface area contributed by atoms with Gasteiger partial charge in [-0.3, -0.25) is 14.8 Å². The van der Waals surface area contributed by atoms with Crippen LogP contribution in [0.1, 0.15) is 22.5 Å². The molecule has 0 unspecified atom stereocenters. The van der Waals surface area contributed by atoms with Crippen LogP contribution in [-0.4, -0.2) is 62.5 Å². The number of benzene rings is 2. The second-order valence-corrected chi connectivity index (χ2v) is 10.9. The van der Waals surface area contributed by atoms with E-state index in [1.165, 1.54) is 6.20 Å². The van der Waals surface area contributed by atoms with Crippen molar-refractivity contribution in [3.8, 4) is 5.75 Å². The Balaban J connectivity index is 1.27. The molecular formula is C28H28N4O4S. The van der Waals surface area contributed by atoms with Gasteiger partial charge in [0.2, 0.25) is 0 Å². The third-order valence-corrected chi connectivity index (χ3v) is 8.25. The Kier molecular flexibility index (Phi) is 7.05. The maximum atomic E-state index is 13.2. The molecule has 5 rings (SSSR count). The highest BCUT2D eigenvalue weighted by atomic mass is 32.2. The lowest BCUT2D eigenvalue weighted by Crippen LogP contribution is -2.35. The average molecular weight is 517 g/mol. The number of rotatable bonds is 6. The lowest BCUT2D eigenvalue weighted by Gasteiger charge is -2.25. The zero-order valence-corrected chi connectivity index (χ0v) is 21.4. The molecule has 1 aliphatic heterocycles. The molecule has 4 aromatic rings. The maximum Gasteiger partial charge on any atom is 0.272 e. The van der Waals surface area contributed by atoms with Crippen molar-refractivity contribution in [3.63, 3.8) is 0 Å². The number of anilines is 1. The summed E-state index contributed by atoms with van der Waals surface area (Å²) < 4.78 is 31.8. The standard InChI is InChI=1S/C28H28N4O4S/c1-36-25-10-3-2-9-24(25)31-15-6-16-32(18-17-31)28(33)23-13-12-21(19-30-23)20-37(34,35)26-11-4-7-22-8-5-14-29-27(22)26/h2-5,7-14,19H,6,15-18,20H2,1H3. The number of sulfone groups is 1. The number of nitrogens with zero attached hydrogens (tertiary/aromatic N) is 4. The van der Waals surface area contributed by atoms with Gasteiger partial charge in [-0.15, -0.1) is 0 Å². The van der Waals surface area contributed by atoms with Gasteiger partial charge in [0.15, 0.2) is 9.84 Å². The predicted octanol–water partition coefficient (Wildman–Crippen LogP) is 3.96. The zero-order chi connectivity index (χ0) is 25.8. The van der Waals surface area contributed by atoms with Crippen LogP contribution in [0.15, 0.2) is 84.0 Å². The lowest BCUT2D eigenvalue weighted by molar-refractivity contribution is 0.0761. The van der Waals surface area contributed by atoms with Crippen LogP contribution in [0, 0.1) is 0 Å². The molecule has 0 radical (unpaired) electrons. The van der Waals surface area contributed by atoms with Crippen molar-refractivity contribution in [2.24, 2.45) is 0 Å². The SMILES string of the molecule is COc1ccccc1N1CCCN(C(=O)c2ccc(CS(=O)(=O)c3cccc4cccnc34)cn2)CC1. The van der Waals surface area contributed by atoms with E-state index in [4.69, 9.17) is 4.74 Å². The van der Waals surface area contributed by atoms with Gasteiger partial charge < -0.3 is 14.5 Å². The summed E-state index contributed by atoms with van der Waals surface area (Å²) in [6.07, 6.45) is 3.88. The first-order chi connectivity index (χ1) is 18.0. The minimum atomic E-state index is -3.65. The van der Waals surface area contributed by atoms with Gasteiger partial charge in [0, 0.05) is 44.0 Å². The largest absolute Gasteiger partial charge is 0.495 e. The average Bonchev–Trinajstić information content (AvgIpc) is 3.19. The van der Waals surface area contributed by atoms with E-state index in [-0.39, 0.29) is 16.6 Å². The number of hydrogen-bond acceptors (Lipinski definition) is 7. The number of carbonyl (C=O) groups excluding carboxylic acids is 1. The smallest absolute Gasteiger partial charge is 0.272 e. The molecule has 0 aliphatic carbocycles. The number of carbonyl (C=O) groups is 1. The molecule has 1 fully saturated rings. The Hall–Kier alpha value is -3.98. The molecule has 190 valence electrons. The number of fused-ring (bicyclic) bond motifs is 1. The fraction of sp³-hybridized carbons (Fsp3) is 0.250. The van der Waals surface area contributed by atoms with Crippen LogP contribution >= 0.6 is 0 Å². The van der Waals surface area contributed by atoms with Crippen LogP contribution in [0.2, 0.25) is 0 Å². The van der Waals surface area contributed by atoms with Crippen molar-refractivity contribution < 1.29 is 17.9 Å². The molecule has 1 amide bonds. The molecule has 1 aliphatic rings. The Labute approximate surface area is 216 Å². The summed E-state index contributed by atoms with van der Waals surface area (Å²) in [5, 5.41) is 0.768. The highest BCUT2D eigenvalue weighted by Gasteiger charge is 2.24. The van der Waals surface area contributed by atoms with Crippen molar-refractivity contribution in [1.29, 1.82) is 0 Å². The third-order valence-electron chi connectivity index (χ3n) is 6.54. The Bertz CT molecular complexity index is 1520. The molecule has 37 heavy (non-hydrogen) atoms. The molecule has 3 heterocycles. The molecule has 0 bridgehead atoms. The van der Waals surface area contributed by atoms with Crippen LogP contribution in [0.3, 0.4) is 0 Å². The molecule has 2 aromatic heterocycles. The van der Waals surface area contributed by atoms with Gasteiger partial charge >= 0.3 is 0 Å². The number of para-hydroxylation sites is 3. The monoisotopic (exact) mass is 516 g/mol. The Morgan fingerprint density at radius 3 is 2.57 bits per heavy atom. The quantitative estimate of drug-likeness (QED) is 0.383. The minimum Gasteiger partial charge on any atom is -0.495 e. The molecule has 0 spiro atoms. The number of aromatic nitrogens is 2. The van der Waals surface area contributed by atoms with Gasteiger partial charge in [-0.2, -0.15) is 0 Å². The van der Waals surface area contributed by atoms with Gasteiger partial charge in [0.25, 0.3) is 5.91 Å². The van der Waals surface area contributed by atoms with E-state index >= 15 is 0 Å². The van der Waals surface area contributed by atoms with Gasteiger partial charge in [-0.05, 0) is 42.3 Å². The molecule has 2 aromatic carbocycles. The van der Waals surface area contributed by atoms with E-state index in [9.17, 15) is 13.2 Å². The second-order valence-electron chi connectivity index (χ2n) is 8.95. The van der Waals surface area contributed by atoms with Crippen LogP contribution in [0.4, 0.5) is 5.69 Å². The molecule has 1 saturated heterocycles. The van der Waals surface area contributed by atoms with Crippen molar-refractivity contribution in [2.75, 3.05) is 38.2 Å². The fourth-order valence-electron chi connectivity index (χ4n) is 4.68. The number of methoxy groups -OCH3 is 1. The summed E-state index contributed by atoms with van der Waals surface area (Å²) in [6, 6.07) is 19.9. The number of pyridine rings is 2. The summed E-state index contributed by atoms with van der Waals surface area (Å²) in [7, 11) is -1.99. The van der Waals surface area contributed by atoms with E-state index in [1.807, 2.05) is 36.4 Å². The maximum absolute atomic E-state index is 13.2. The zero-order valence-electron chi connectivity index (χ0n) is 20.6. The van der Waals surface area contributed by atoms with Crippen LogP contribution in [0.25, 0.3) is 10.9 Å². The first-order valence-corrected chi connectivity index (χ1v) is 13.8. The summed E-state index contributed by atoms with van der Waals surface area (Å²) in [5.41, 5.74) is 2.29. The second kappa shape index (κ2) is 10.6. The molecule has 9 heteroatoms. The number of hydrogen-bond donors (Lipinski definition) is 0. The van der Waals surface area contributed by atoms with Crippen molar-refractivity contribution in [3.05, 3.63) is 90.4 Å². The first kappa shape index (κ1) is 24.7. The normalized spacial score (nSPS) is 14.4. The fourth-order valence-corrected chi connectivity index (χ4v) is 6.19. The summed E-state index contributed by atoms with van der Waals surface area (Å²) >= 11 is 0. The van der Waals surface area contributed by atoms with Crippen molar-refractivity contribution in [2.45, 2.75) is 17.1 Å². The summed E-state index contributed by atoms with van der Waals surface area (Å²) in [5.74, 6) is 0.435. The molecule has 8 nitrogen and oxygen atoms in total. The predicted molar refractivity (Wildman–Crippen MR) is 143 cm³/mol. The Morgan fingerprint density at radius 1 is 0.919 bits per heavy atom. The van der Waals surface area contributed by atoms with Crippen molar-refractivity contribution in [1.82, 2.24) is 14.9 Å². The molecule has 0 saturated carbocycles. The number of ether oxygens (including phenoxy) is 1. The van der Waals surface area contributed by atoms with E-state index < -0.39 is 9.84 Å².